The molecule has 0 amide bonds. The van der Waals surface area contributed by atoms with E-state index in [-0.39, 0.29) is 0 Å². The highest BCUT2D eigenvalue weighted by atomic mass is 16.5. The Kier molecular flexibility index (Phi) is 3.80. The fourth-order valence-corrected chi connectivity index (χ4v) is 3.60. The lowest BCUT2D eigenvalue weighted by atomic mass is 9.90. The molecule has 7 nitrogen and oxygen atoms in total. The van der Waals surface area contributed by atoms with Gasteiger partial charge in [-0.3, -0.25) is 0 Å². The fourth-order valence-electron chi connectivity index (χ4n) is 3.60. The highest BCUT2D eigenvalue weighted by molar-refractivity contribution is 5.94. The molecule has 1 aliphatic heterocycles. The Balaban J connectivity index is 1.66. The molecule has 0 saturated carbocycles. The molecule has 130 valence electrons. The second-order valence-electron chi connectivity index (χ2n) is 6.43. The van der Waals surface area contributed by atoms with Gasteiger partial charge in [0.2, 0.25) is 0 Å². The molecule has 1 N–H and O–H groups in total. The van der Waals surface area contributed by atoms with Crippen molar-refractivity contribution in [3.63, 3.8) is 0 Å². The number of aromatic nitrogens is 4. The van der Waals surface area contributed by atoms with Crippen molar-refractivity contribution in [3.05, 3.63) is 42.7 Å². The van der Waals surface area contributed by atoms with E-state index >= 15 is 0 Å². The van der Waals surface area contributed by atoms with Gasteiger partial charge in [-0.15, -0.1) is 0 Å². The predicted octanol–water partition coefficient (Wildman–Crippen LogP) is 1.86. The first-order valence-corrected chi connectivity index (χ1v) is 8.35. The molecule has 1 saturated heterocycles. The van der Waals surface area contributed by atoms with Gasteiger partial charge >= 0.3 is 0 Å². The zero-order valence-electron chi connectivity index (χ0n) is 14.4. The number of aryl methyl sites for hydroxylation is 1. The van der Waals surface area contributed by atoms with Gasteiger partial charge in [-0.2, -0.15) is 0 Å². The van der Waals surface area contributed by atoms with Gasteiger partial charge in [0.15, 0.2) is 0 Å². The van der Waals surface area contributed by atoms with E-state index < -0.39 is 5.60 Å². The number of anilines is 1. The van der Waals surface area contributed by atoms with Crippen LogP contribution in [0.1, 0.15) is 18.7 Å². The second-order valence-corrected chi connectivity index (χ2v) is 6.43. The lowest BCUT2D eigenvalue weighted by Crippen LogP contribution is -2.44. The Morgan fingerprint density at radius 3 is 2.64 bits per heavy atom. The number of rotatable bonds is 3. The number of nitrogens with zero attached hydrogens (tertiary/aromatic N) is 5. The van der Waals surface area contributed by atoms with Gasteiger partial charge in [-0.05, 0) is 12.1 Å². The van der Waals surface area contributed by atoms with E-state index in [4.69, 9.17) is 4.74 Å². The number of imidazole rings is 1. The summed E-state index contributed by atoms with van der Waals surface area (Å²) < 4.78 is 7.39. The van der Waals surface area contributed by atoms with E-state index in [2.05, 4.69) is 19.9 Å². The molecule has 25 heavy (non-hydrogen) atoms. The van der Waals surface area contributed by atoms with Crippen LogP contribution in [0.2, 0.25) is 0 Å². The number of ether oxygens (including phenoxy) is 1. The van der Waals surface area contributed by atoms with Gasteiger partial charge in [0.25, 0.3) is 0 Å². The van der Waals surface area contributed by atoms with Crippen LogP contribution in [0.25, 0.3) is 10.9 Å². The molecular formula is C18H21N5O2. The molecule has 7 heteroatoms. The van der Waals surface area contributed by atoms with Gasteiger partial charge in [0.05, 0.1) is 18.0 Å². The van der Waals surface area contributed by atoms with E-state index in [0.717, 1.165) is 28.3 Å². The summed E-state index contributed by atoms with van der Waals surface area (Å²) in [5.41, 5.74) is -0.0453. The van der Waals surface area contributed by atoms with Crippen LogP contribution in [-0.2, 0) is 12.6 Å². The maximum Gasteiger partial charge on any atom is 0.143 e. The predicted molar refractivity (Wildman–Crippen MR) is 94.6 cm³/mol. The van der Waals surface area contributed by atoms with Gasteiger partial charge < -0.3 is 19.3 Å². The second kappa shape index (κ2) is 6.00. The molecule has 0 bridgehead atoms. The summed E-state index contributed by atoms with van der Waals surface area (Å²) in [7, 11) is 3.57. The van der Waals surface area contributed by atoms with Crippen LogP contribution in [0.3, 0.4) is 0 Å². The molecule has 2 aromatic heterocycles. The van der Waals surface area contributed by atoms with E-state index in [1.165, 1.54) is 0 Å². The van der Waals surface area contributed by atoms with E-state index in [1.54, 1.807) is 19.6 Å². The van der Waals surface area contributed by atoms with Crippen LogP contribution in [0.4, 0.5) is 5.82 Å². The topological polar surface area (TPSA) is 76.3 Å². The normalized spacial score (nSPS) is 17.0. The van der Waals surface area contributed by atoms with Crippen LogP contribution in [0, 0.1) is 0 Å². The maximum atomic E-state index is 11.0. The molecule has 1 fully saturated rings. The van der Waals surface area contributed by atoms with Crippen LogP contribution >= 0.6 is 0 Å². The average molecular weight is 339 g/mol. The third-order valence-corrected chi connectivity index (χ3v) is 4.95. The first-order valence-electron chi connectivity index (χ1n) is 8.35. The Hall–Kier alpha value is -2.67. The molecule has 0 radical (unpaired) electrons. The van der Waals surface area contributed by atoms with Crippen molar-refractivity contribution < 1.29 is 9.84 Å². The van der Waals surface area contributed by atoms with Crippen molar-refractivity contribution in [1.29, 1.82) is 0 Å². The molecule has 3 heterocycles. The average Bonchev–Trinajstić information content (AvgIpc) is 3.08. The Morgan fingerprint density at radius 2 is 1.96 bits per heavy atom. The minimum Gasteiger partial charge on any atom is -0.496 e. The summed E-state index contributed by atoms with van der Waals surface area (Å²) in [5.74, 6) is 2.33. The highest BCUT2D eigenvalue weighted by Crippen LogP contribution is 2.37. The quantitative estimate of drug-likeness (QED) is 0.785. The first-order chi connectivity index (χ1) is 12.1. The highest BCUT2D eigenvalue weighted by Gasteiger charge is 2.37. The number of benzene rings is 1. The van der Waals surface area contributed by atoms with Gasteiger partial charge in [0.1, 0.15) is 29.3 Å². The van der Waals surface area contributed by atoms with Gasteiger partial charge in [-0.25, -0.2) is 15.0 Å². The summed E-state index contributed by atoms with van der Waals surface area (Å²) >= 11 is 0. The Labute approximate surface area is 145 Å². The third kappa shape index (κ3) is 2.60. The van der Waals surface area contributed by atoms with Crippen LogP contribution in [0.5, 0.6) is 5.75 Å². The van der Waals surface area contributed by atoms with Crippen molar-refractivity contribution in [2.24, 2.45) is 7.05 Å². The van der Waals surface area contributed by atoms with Gasteiger partial charge in [0, 0.05) is 45.4 Å². The lowest BCUT2D eigenvalue weighted by Gasteiger charge is -2.38. The van der Waals surface area contributed by atoms with Crippen molar-refractivity contribution in [1.82, 2.24) is 19.5 Å². The van der Waals surface area contributed by atoms with Crippen molar-refractivity contribution in [2.75, 3.05) is 25.1 Å². The van der Waals surface area contributed by atoms with Crippen LogP contribution in [0.15, 0.2) is 36.9 Å². The number of piperidine rings is 1. The smallest absolute Gasteiger partial charge is 0.143 e. The minimum atomic E-state index is -0.901. The Bertz CT molecular complexity index is 894. The fraction of sp³-hybridized carbons (Fsp3) is 0.389. The maximum absolute atomic E-state index is 11.0. The molecular weight excluding hydrogens is 318 g/mol. The summed E-state index contributed by atoms with van der Waals surface area (Å²) in [5, 5.41) is 11.9. The van der Waals surface area contributed by atoms with E-state index in [0.29, 0.717) is 25.9 Å². The summed E-state index contributed by atoms with van der Waals surface area (Å²) in [6.07, 6.45) is 6.36. The van der Waals surface area contributed by atoms with Crippen molar-refractivity contribution in [2.45, 2.75) is 18.4 Å². The summed E-state index contributed by atoms with van der Waals surface area (Å²) in [4.78, 5) is 15.4. The molecule has 0 aliphatic carbocycles. The molecule has 1 aliphatic rings. The standard InChI is InChI=1S/C18H21N5O2/c1-22-11-8-19-17(22)18(24)6-9-23(10-7-18)16-15-13(20-12-21-16)4-3-5-14(15)25-2/h3-5,8,11-12,24H,6-7,9-10H2,1-2H3. The lowest BCUT2D eigenvalue weighted by molar-refractivity contribution is 0.000710. The first kappa shape index (κ1) is 15.8. The van der Waals surface area contributed by atoms with Crippen molar-refractivity contribution >= 4 is 16.7 Å². The SMILES string of the molecule is COc1cccc2ncnc(N3CCC(O)(c4nccn4C)CC3)c12. The number of aliphatic hydroxyl groups is 1. The zero-order chi connectivity index (χ0) is 17.4. The number of fused-ring (bicyclic) bond motifs is 1. The molecule has 0 atom stereocenters. The third-order valence-electron chi connectivity index (χ3n) is 4.95. The number of hydrogen-bond acceptors (Lipinski definition) is 6. The number of hydrogen-bond donors (Lipinski definition) is 1. The Morgan fingerprint density at radius 1 is 1.16 bits per heavy atom. The molecule has 0 spiro atoms. The zero-order valence-corrected chi connectivity index (χ0v) is 14.4. The van der Waals surface area contributed by atoms with Crippen LogP contribution < -0.4 is 9.64 Å². The molecule has 4 rings (SSSR count). The van der Waals surface area contributed by atoms with Gasteiger partial charge in [-0.1, -0.05) is 6.07 Å². The largest absolute Gasteiger partial charge is 0.496 e. The minimum absolute atomic E-state index is 0.596. The molecule has 1 aromatic carbocycles. The van der Waals surface area contributed by atoms with Crippen LogP contribution in [-0.4, -0.2) is 44.8 Å². The summed E-state index contributed by atoms with van der Waals surface area (Å²) in [6.45, 7) is 1.38. The van der Waals surface area contributed by atoms with Crippen molar-refractivity contribution in [3.8, 4) is 5.75 Å². The van der Waals surface area contributed by atoms with E-state index in [9.17, 15) is 5.11 Å². The molecule has 0 unspecified atom stereocenters. The van der Waals surface area contributed by atoms with E-state index in [1.807, 2.05) is 36.0 Å². The monoisotopic (exact) mass is 339 g/mol. The number of methoxy groups -OCH3 is 1. The molecule has 3 aromatic rings. The summed E-state index contributed by atoms with van der Waals surface area (Å²) in [6, 6.07) is 5.80.